The van der Waals surface area contributed by atoms with Gasteiger partial charge in [0, 0.05) is 15.9 Å². The van der Waals surface area contributed by atoms with E-state index in [-0.39, 0.29) is 5.25 Å². The Kier molecular flexibility index (Phi) is 6.82. The number of rotatable bonds is 2. The average Bonchev–Trinajstić information content (AvgIpc) is 2.92. The maximum absolute atomic E-state index is 12.0. The molecule has 2 N–H and O–H groups in total. The fourth-order valence-corrected chi connectivity index (χ4v) is 3.23. The van der Waals surface area contributed by atoms with E-state index >= 15 is 0 Å². The molecule has 1 aromatic rings. The Morgan fingerprint density at radius 3 is 2.24 bits per heavy atom. The van der Waals surface area contributed by atoms with Gasteiger partial charge in [-0.25, -0.2) is 4.79 Å². The van der Waals surface area contributed by atoms with Crippen LogP contribution in [0.25, 0.3) is 0 Å². The van der Waals surface area contributed by atoms with Crippen LogP contribution in [0.15, 0.2) is 33.6 Å². The van der Waals surface area contributed by atoms with Crippen LogP contribution in [0, 0.1) is 0 Å². The van der Waals surface area contributed by atoms with Crippen molar-refractivity contribution in [1.29, 1.82) is 0 Å². The number of benzene rings is 1. The summed E-state index contributed by atoms with van der Waals surface area (Å²) in [5.74, 6) is -2.76. The number of carbonyl (C=O) groups is 1. The molecule has 2 atom stereocenters. The van der Waals surface area contributed by atoms with Crippen LogP contribution < -0.4 is 5.32 Å². The van der Waals surface area contributed by atoms with Crippen molar-refractivity contribution < 1.29 is 27.3 Å². The summed E-state index contributed by atoms with van der Waals surface area (Å²) < 4.78 is 44.8. The summed E-state index contributed by atoms with van der Waals surface area (Å²) in [6, 6.07) is 7.74. The van der Waals surface area contributed by atoms with Crippen LogP contribution in [0.2, 0.25) is 0 Å². The molecule has 0 aliphatic carbocycles. The molecule has 0 spiro atoms. The molecule has 1 heterocycles. The normalized spacial score (nSPS) is 19.5. The fraction of sp³-hybridized carbons (Fsp3) is 0.417. The summed E-state index contributed by atoms with van der Waals surface area (Å²) in [5.41, 5.74) is 0. The molecule has 1 aliphatic heterocycles. The van der Waals surface area contributed by atoms with E-state index in [1.165, 1.54) is 0 Å². The van der Waals surface area contributed by atoms with Gasteiger partial charge in [0.2, 0.25) is 0 Å². The predicted octanol–water partition coefficient (Wildman–Crippen LogP) is 2.55. The number of hydrogen-bond acceptors (Lipinski definition) is 3. The van der Waals surface area contributed by atoms with Gasteiger partial charge in [0.1, 0.15) is 0 Å². The quantitative estimate of drug-likeness (QED) is 0.818. The van der Waals surface area contributed by atoms with Crippen molar-refractivity contribution in [3.05, 3.63) is 28.7 Å². The second kappa shape index (κ2) is 7.90. The molecule has 0 amide bonds. The first-order valence-electron chi connectivity index (χ1n) is 5.89. The SMILES string of the molecule is O=C(O)C(F)(F)F.O=S(c1ccc(Br)cc1)C1CCNC1. The molecule has 0 bridgehead atoms. The Labute approximate surface area is 130 Å². The lowest BCUT2D eigenvalue weighted by Gasteiger charge is -2.08. The lowest BCUT2D eigenvalue weighted by molar-refractivity contribution is -0.192. The zero-order chi connectivity index (χ0) is 16.0. The number of hydrogen-bond donors (Lipinski definition) is 2. The van der Waals surface area contributed by atoms with Gasteiger partial charge in [0.05, 0.1) is 16.0 Å². The number of nitrogens with one attached hydrogen (secondary N) is 1. The van der Waals surface area contributed by atoms with Gasteiger partial charge in [0.25, 0.3) is 0 Å². The molecule has 4 nitrogen and oxygen atoms in total. The Hall–Kier alpha value is -0.930. The second-order valence-corrected chi connectivity index (χ2v) is 6.82. The van der Waals surface area contributed by atoms with Crippen molar-refractivity contribution in [3.63, 3.8) is 0 Å². The lowest BCUT2D eigenvalue weighted by atomic mass is 10.4. The van der Waals surface area contributed by atoms with Gasteiger partial charge in [-0.3, -0.25) is 4.21 Å². The molecular formula is C12H13BrF3NO3S. The fourth-order valence-electron chi connectivity index (χ4n) is 1.57. The first-order valence-corrected chi connectivity index (χ1v) is 7.89. The molecule has 1 aliphatic rings. The van der Waals surface area contributed by atoms with Crippen molar-refractivity contribution in [2.24, 2.45) is 0 Å². The van der Waals surface area contributed by atoms with Crippen molar-refractivity contribution in [1.82, 2.24) is 5.32 Å². The van der Waals surface area contributed by atoms with E-state index in [2.05, 4.69) is 21.2 Å². The van der Waals surface area contributed by atoms with E-state index in [0.717, 1.165) is 28.9 Å². The first-order chi connectivity index (χ1) is 9.71. The summed E-state index contributed by atoms with van der Waals surface area (Å²) in [4.78, 5) is 9.83. The summed E-state index contributed by atoms with van der Waals surface area (Å²) in [7, 11) is -0.850. The van der Waals surface area contributed by atoms with Crippen molar-refractivity contribution in [2.75, 3.05) is 13.1 Å². The van der Waals surface area contributed by atoms with Crippen LogP contribution in [0.4, 0.5) is 13.2 Å². The van der Waals surface area contributed by atoms with Crippen molar-refractivity contribution >= 4 is 32.7 Å². The van der Waals surface area contributed by atoms with Crippen LogP contribution in [0.5, 0.6) is 0 Å². The monoisotopic (exact) mass is 387 g/mol. The van der Waals surface area contributed by atoms with Crippen LogP contribution in [-0.4, -0.2) is 39.8 Å². The van der Waals surface area contributed by atoms with Gasteiger partial charge in [-0.15, -0.1) is 0 Å². The third-order valence-electron chi connectivity index (χ3n) is 2.61. The topological polar surface area (TPSA) is 66.4 Å². The van der Waals surface area contributed by atoms with Gasteiger partial charge < -0.3 is 10.4 Å². The number of aliphatic carboxylic acids is 1. The average molecular weight is 388 g/mol. The summed E-state index contributed by atoms with van der Waals surface area (Å²) >= 11 is 3.37. The lowest BCUT2D eigenvalue weighted by Crippen LogP contribution is -2.21. The molecule has 9 heteroatoms. The van der Waals surface area contributed by atoms with E-state index in [4.69, 9.17) is 9.90 Å². The number of halogens is 4. The van der Waals surface area contributed by atoms with Crippen LogP contribution >= 0.6 is 15.9 Å². The van der Waals surface area contributed by atoms with Gasteiger partial charge >= 0.3 is 12.1 Å². The second-order valence-electron chi connectivity index (χ2n) is 4.17. The van der Waals surface area contributed by atoms with Crippen LogP contribution in [0.1, 0.15) is 6.42 Å². The highest BCUT2D eigenvalue weighted by atomic mass is 79.9. The summed E-state index contributed by atoms with van der Waals surface area (Å²) in [6.07, 6.45) is -4.07. The van der Waals surface area contributed by atoms with E-state index in [1.807, 2.05) is 24.3 Å². The van der Waals surface area contributed by atoms with E-state index in [0.29, 0.717) is 0 Å². The summed E-state index contributed by atoms with van der Waals surface area (Å²) in [5, 5.41) is 10.6. The molecule has 0 saturated carbocycles. The van der Waals surface area contributed by atoms with E-state index < -0.39 is 22.9 Å². The predicted molar refractivity (Wildman–Crippen MR) is 75.5 cm³/mol. The Morgan fingerprint density at radius 2 is 1.86 bits per heavy atom. The molecule has 118 valence electrons. The van der Waals surface area contributed by atoms with E-state index in [9.17, 15) is 17.4 Å². The zero-order valence-corrected chi connectivity index (χ0v) is 13.1. The highest BCUT2D eigenvalue weighted by Crippen LogP contribution is 2.18. The molecule has 2 rings (SSSR count). The minimum atomic E-state index is -5.08. The highest BCUT2D eigenvalue weighted by molar-refractivity contribution is 9.10. The maximum atomic E-state index is 12.0. The molecule has 0 aromatic heterocycles. The minimum absolute atomic E-state index is 0.288. The first kappa shape index (κ1) is 18.1. The Bertz CT molecular complexity index is 501. The van der Waals surface area contributed by atoms with Crippen LogP contribution in [-0.2, 0) is 15.6 Å². The van der Waals surface area contributed by atoms with Gasteiger partial charge in [-0.2, -0.15) is 13.2 Å². The number of alkyl halides is 3. The van der Waals surface area contributed by atoms with Crippen molar-refractivity contribution in [2.45, 2.75) is 22.7 Å². The zero-order valence-electron chi connectivity index (χ0n) is 10.7. The maximum Gasteiger partial charge on any atom is 0.490 e. The Morgan fingerprint density at radius 1 is 1.33 bits per heavy atom. The standard InChI is InChI=1S/C10H12BrNOS.C2HF3O2/c11-8-1-3-9(4-2-8)14(13)10-5-6-12-7-10;3-2(4,5)1(6)7/h1-4,10,12H,5-7H2;(H,6,7). The minimum Gasteiger partial charge on any atom is -0.475 e. The van der Waals surface area contributed by atoms with Gasteiger partial charge in [-0.05, 0) is 37.2 Å². The molecule has 0 radical (unpaired) electrons. The van der Waals surface area contributed by atoms with Gasteiger partial charge in [-0.1, -0.05) is 15.9 Å². The molecule has 21 heavy (non-hydrogen) atoms. The molecular weight excluding hydrogens is 375 g/mol. The van der Waals surface area contributed by atoms with E-state index in [1.54, 1.807) is 0 Å². The third-order valence-corrected chi connectivity index (χ3v) is 4.88. The molecule has 1 fully saturated rings. The van der Waals surface area contributed by atoms with Crippen LogP contribution in [0.3, 0.4) is 0 Å². The van der Waals surface area contributed by atoms with Crippen molar-refractivity contribution in [3.8, 4) is 0 Å². The highest BCUT2D eigenvalue weighted by Gasteiger charge is 2.38. The third kappa shape index (κ3) is 6.15. The largest absolute Gasteiger partial charge is 0.490 e. The summed E-state index contributed by atoms with van der Waals surface area (Å²) in [6.45, 7) is 1.87. The Balaban J connectivity index is 0.000000270. The number of carboxylic acid groups (broad SMARTS) is 1. The smallest absolute Gasteiger partial charge is 0.475 e. The van der Waals surface area contributed by atoms with Gasteiger partial charge in [0.15, 0.2) is 0 Å². The molecule has 2 unspecified atom stereocenters. The molecule has 1 aromatic carbocycles. The number of carboxylic acids is 1. The molecule has 1 saturated heterocycles.